The maximum Gasteiger partial charge on any atom is 0.277 e. The number of carbonyl (C=O) groups is 2. The molecule has 1 fully saturated rings. The minimum Gasteiger partial charge on any atom is -0.394 e. The number of anilines is 1. The molecule has 1 saturated heterocycles. The topological polar surface area (TPSA) is 239 Å². The number of β-amino-alcohol motifs (C(OH)–C–C–N with tert-alkyl or cyclic N) is 1. The molecule has 4 atom stereocenters. The van der Waals surface area contributed by atoms with Crippen LogP contribution in [0.25, 0.3) is 22.2 Å². The van der Waals surface area contributed by atoms with Gasteiger partial charge in [0.2, 0.25) is 0 Å². The molecule has 0 spiro atoms. The molecule has 10 N–H and O–H groups in total. The highest BCUT2D eigenvalue weighted by Crippen LogP contribution is 2.20. The number of aliphatic hydroxyl groups is 5. The number of aromatic amines is 1. The summed E-state index contributed by atoms with van der Waals surface area (Å²) < 4.78 is 4.16. The molecule has 16 heteroatoms. The van der Waals surface area contributed by atoms with Crippen LogP contribution >= 0.6 is 0 Å². The van der Waals surface area contributed by atoms with E-state index in [1.54, 1.807) is 18.3 Å². The highest BCUT2D eigenvalue weighted by Gasteiger charge is 2.32. The highest BCUT2D eigenvalue weighted by atomic mass is 16.4. The third kappa shape index (κ3) is 7.22. The first-order chi connectivity index (χ1) is 22.6. The molecule has 0 saturated carbocycles. The van der Waals surface area contributed by atoms with Gasteiger partial charge in [0, 0.05) is 43.5 Å². The number of nitrogens with one attached hydrogen (secondary N) is 3. The first-order valence-electron chi connectivity index (χ1n) is 15.9. The number of carbonyl (C=O) groups excluding carboxylic acids is 2. The molecule has 16 nitrogen and oxygen atoms in total. The number of aryl methyl sites for hydroxylation is 2. The molecule has 1 aliphatic rings. The summed E-state index contributed by atoms with van der Waals surface area (Å²) in [7, 11) is 0. The fraction of sp³-hybridized carbons (Fsp3) is 0.516. The fourth-order valence-corrected chi connectivity index (χ4v) is 6.19. The Morgan fingerprint density at radius 3 is 2.47 bits per heavy atom. The molecular weight excluding hydrogens is 610 g/mol. The summed E-state index contributed by atoms with van der Waals surface area (Å²) in [5.41, 5.74) is 9.39. The van der Waals surface area contributed by atoms with Gasteiger partial charge in [-0.3, -0.25) is 9.59 Å². The van der Waals surface area contributed by atoms with Crippen LogP contribution in [-0.2, 0) is 19.6 Å². The first-order valence-corrected chi connectivity index (χ1v) is 15.9. The predicted octanol–water partition coefficient (Wildman–Crippen LogP) is -1.62. The van der Waals surface area contributed by atoms with Gasteiger partial charge in [-0.25, -0.2) is 19.1 Å². The van der Waals surface area contributed by atoms with Crippen molar-refractivity contribution in [3.63, 3.8) is 0 Å². The number of hydrogen-bond donors (Lipinski definition) is 9. The Morgan fingerprint density at radius 1 is 1.06 bits per heavy atom. The summed E-state index contributed by atoms with van der Waals surface area (Å²) >= 11 is 0. The number of imidazole rings is 1. The number of amides is 2. The smallest absolute Gasteiger partial charge is 0.277 e. The largest absolute Gasteiger partial charge is 0.394 e. The van der Waals surface area contributed by atoms with Crippen molar-refractivity contribution >= 4 is 39.8 Å². The Kier molecular flexibility index (Phi) is 10.7. The van der Waals surface area contributed by atoms with Gasteiger partial charge in [0.25, 0.3) is 17.6 Å². The Labute approximate surface area is 270 Å². The lowest BCUT2D eigenvalue weighted by atomic mass is 10.0. The van der Waals surface area contributed by atoms with Crippen LogP contribution in [0.5, 0.6) is 0 Å². The van der Waals surface area contributed by atoms with Crippen molar-refractivity contribution in [1.29, 1.82) is 0 Å². The average molecular weight is 655 g/mol. The van der Waals surface area contributed by atoms with Gasteiger partial charge < -0.3 is 51.8 Å². The van der Waals surface area contributed by atoms with Gasteiger partial charge in [-0.05, 0) is 44.9 Å². The van der Waals surface area contributed by atoms with E-state index in [9.17, 15) is 30.0 Å². The molecule has 0 bridgehead atoms. The van der Waals surface area contributed by atoms with E-state index in [1.165, 1.54) is 0 Å². The van der Waals surface area contributed by atoms with E-state index in [0.29, 0.717) is 55.7 Å². The van der Waals surface area contributed by atoms with Gasteiger partial charge in [0.05, 0.1) is 25.8 Å². The van der Waals surface area contributed by atoms with Crippen molar-refractivity contribution in [2.45, 2.75) is 76.8 Å². The van der Waals surface area contributed by atoms with E-state index < -0.39 is 36.9 Å². The molecular formula is C31H44N9O7+. The second-order valence-corrected chi connectivity index (χ2v) is 11.8. The Balaban J connectivity index is 1.23. The quantitative estimate of drug-likeness (QED) is 0.0743. The molecule has 254 valence electrons. The molecule has 1 aromatic carbocycles. The SMILES string of the molecule is CCn1c(CNC(=O)c2nc3cc[nH]c3nc2N)[n+](CC)c2ccc(C(=O)NC3CCN(CC(O)C(O)C(O)C(O)CO)CC3)cc21. The van der Waals surface area contributed by atoms with Crippen molar-refractivity contribution in [2.75, 3.05) is 32.0 Å². The minimum absolute atomic E-state index is 0.0318. The molecule has 4 unspecified atom stereocenters. The zero-order chi connectivity index (χ0) is 33.8. The predicted molar refractivity (Wildman–Crippen MR) is 171 cm³/mol. The zero-order valence-corrected chi connectivity index (χ0v) is 26.5. The maximum atomic E-state index is 13.3. The van der Waals surface area contributed by atoms with Gasteiger partial charge in [-0.15, -0.1) is 0 Å². The number of H-pyrrole nitrogens is 1. The molecule has 4 heterocycles. The van der Waals surface area contributed by atoms with Gasteiger partial charge >= 0.3 is 0 Å². The summed E-state index contributed by atoms with van der Waals surface area (Å²) in [6, 6.07) is 7.17. The van der Waals surface area contributed by atoms with Crippen molar-refractivity contribution < 1.29 is 39.7 Å². The monoisotopic (exact) mass is 654 g/mol. The van der Waals surface area contributed by atoms with Crippen LogP contribution in [0.1, 0.15) is 53.4 Å². The standard InChI is InChI=1S/C31H43N9O7/c1-3-39-20-6-5-17(30(46)35-18-8-11-38(12-9-18)15-22(42)26(44)27(45)23(43)16-41)13-21(20)40(4-2)24(39)14-34-31(47)25-28(32)37-29-19(36-25)7-10-33-29/h5-7,10,13,18,22-23,26-27,41-45H,3-4,8-9,11-12,14-16H2,1-2H3,(H4-,32,33,34,35,36,37,46,47)/p+1. The van der Waals surface area contributed by atoms with Crippen molar-refractivity contribution in [1.82, 2.24) is 35.1 Å². The van der Waals surface area contributed by atoms with Crippen LogP contribution in [0.4, 0.5) is 5.82 Å². The number of aliphatic hydroxyl groups excluding tert-OH is 5. The summed E-state index contributed by atoms with van der Waals surface area (Å²) in [4.78, 5) is 39.8. The van der Waals surface area contributed by atoms with Crippen LogP contribution in [-0.4, -0.2) is 118 Å². The number of nitrogens with two attached hydrogens (primary N) is 1. The number of hydrogen-bond acceptors (Lipinski definition) is 11. The van der Waals surface area contributed by atoms with Gasteiger partial charge in [0.1, 0.15) is 30.4 Å². The summed E-state index contributed by atoms with van der Waals surface area (Å²) in [6.45, 7) is 5.90. The van der Waals surface area contributed by atoms with Crippen molar-refractivity contribution in [3.05, 3.63) is 47.5 Å². The second kappa shape index (κ2) is 14.7. The normalized spacial score (nSPS) is 17.1. The number of nitrogen functional groups attached to an aromatic ring is 1. The number of benzene rings is 1. The fourth-order valence-electron chi connectivity index (χ4n) is 6.19. The molecule has 1 aliphatic heterocycles. The van der Waals surface area contributed by atoms with Crippen LogP contribution in [0.2, 0.25) is 0 Å². The van der Waals surface area contributed by atoms with Gasteiger partial charge in [0.15, 0.2) is 28.2 Å². The van der Waals surface area contributed by atoms with E-state index in [-0.39, 0.29) is 36.6 Å². The zero-order valence-electron chi connectivity index (χ0n) is 26.5. The molecule has 5 rings (SSSR count). The lowest BCUT2D eigenvalue weighted by molar-refractivity contribution is -0.676. The Bertz CT molecular complexity index is 1720. The third-order valence-corrected chi connectivity index (χ3v) is 8.80. The van der Waals surface area contributed by atoms with E-state index in [4.69, 9.17) is 10.8 Å². The number of nitrogens with zero attached hydrogens (tertiary/aromatic N) is 5. The number of likely N-dealkylation sites (tertiary alicyclic amines) is 1. The molecule has 3 aromatic heterocycles. The molecule has 47 heavy (non-hydrogen) atoms. The van der Waals surface area contributed by atoms with E-state index in [0.717, 1.165) is 16.9 Å². The minimum atomic E-state index is -1.67. The Hall–Kier alpha value is -4.19. The third-order valence-electron chi connectivity index (χ3n) is 8.80. The average Bonchev–Trinajstić information content (AvgIpc) is 3.66. The van der Waals surface area contributed by atoms with E-state index in [1.807, 2.05) is 30.9 Å². The van der Waals surface area contributed by atoms with Crippen LogP contribution in [0, 0.1) is 0 Å². The summed E-state index contributed by atoms with van der Waals surface area (Å²) in [6.07, 6.45) is -3.22. The number of fused-ring (bicyclic) bond motifs is 2. The molecule has 2 amide bonds. The van der Waals surface area contributed by atoms with Gasteiger partial charge in [-0.2, -0.15) is 0 Å². The van der Waals surface area contributed by atoms with Crippen molar-refractivity contribution in [2.24, 2.45) is 0 Å². The summed E-state index contributed by atoms with van der Waals surface area (Å²) in [5, 5.41) is 54.9. The number of piperidine rings is 1. The van der Waals surface area contributed by atoms with Crippen LogP contribution in [0.3, 0.4) is 0 Å². The maximum absolute atomic E-state index is 13.3. The Morgan fingerprint density at radius 2 is 1.79 bits per heavy atom. The van der Waals surface area contributed by atoms with E-state index >= 15 is 0 Å². The second-order valence-electron chi connectivity index (χ2n) is 11.8. The van der Waals surface area contributed by atoms with Crippen LogP contribution < -0.4 is 20.9 Å². The molecule has 0 radical (unpaired) electrons. The molecule has 0 aliphatic carbocycles. The number of rotatable bonds is 13. The first kappa shape index (κ1) is 34.2. The van der Waals surface area contributed by atoms with Gasteiger partial charge in [-0.1, -0.05) is 0 Å². The van der Waals surface area contributed by atoms with Crippen LogP contribution in [0.15, 0.2) is 30.5 Å². The lowest BCUT2D eigenvalue weighted by Gasteiger charge is -2.35. The lowest BCUT2D eigenvalue weighted by Crippen LogP contribution is -2.52. The number of aromatic nitrogens is 5. The van der Waals surface area contributed by atoms with Crippen molar-refractivity contribution in [3.8, 4) is 0 Å². The summed E-state index contributed by atoms with van der Waals surface area (Å²) in [5.74, 6) is 0.231. The van der Waals surface area contributed by atoms with E-state index in [2.05, 4.69) is 34.7 Å². The molecule has 4 aromatic rings. The highest BCUT2D eigenvalue weighted by molar-refractivity contribution is 5.98.